The van der Waals surface area contributed by atoms with Crippen LogP contribution in [0.1, 0.15) is 60.9 Å². The van der Waals surface area contributed by atoms with Gasteiger partial charge in [-0.1, -0.05) is 62.4 Å². The first-order chi connectivity index (χ1) is 14.0. The van der Waals surface area contributed by atoms with Crippen molar-refractivity contribution in [2.75, 3.05) is 7.05 Å². The van der Waals surface area contributed by atoms with E-state index in [1.807, 2.05) is 12.1 Å². The Morgan fingerprint density at radius 1 is 0.931 bits per heavy atom. The average molecular weight is 415 g/mol. The summed E-state index contributed by atoms with van der Waals surface area (Å²) in [5, 5.41) is 3.16. The molecule has 1 fully saturated rings. The first-order valence-electron chi connectivity index (χ1n) is 10.4. The number of carbonyl (C=O) groups excluding carboxylic acids is 1. The molecule has 1 aliphatic carbocycles. The number of rotatable bonds is 6. The number of hydrogen-bond donors (Lipinski definition) is 1. The monoisotopic (exact) mass is 414 g/mol. The van der Waals surface area contributed by atoms with E-state index in [1.165, 1.54) is 36.4 Å². The van der Waals surface area contributed by atoms with Gasteiger partial charge in [-0.2, -0.15) is 4.31 Å². The lowest BCUT2D eigenvalue weighted by Gasteiger charge is -2.21. The van der Waals surface area contributed by atoms with Gasteiger partial charge in [0.25, 0.3) is 5.91 Å². The number of carbonyl (C=O) groups is 1. The highest BCUT2D eigenvalue weighted by Gasteiger charge is 2.21. The van der Waals surface area contributed by atoms with E-state index < -0.39 is 10.0 Å². The zero-order valence-electron chi connectivity index (χ0n) is 17.0. The van der Waals surface area contributed by atoms with E-state index in [0.717, 1.165) is 18.4 Å². The molecule has 0 radical (unpaired) electrons. The summed E-state index contributed by atoms with van der Waals surface area (Å²) >= 11 is 0. The minimum atomic E-state index is -3.54. The summed E-state index contributed by atoms with van der Waals surface area (Å²) < 4.78 is 26.6. The van der Waals surface area contributed by atoms with Gasteiger partial charge < -0.3 is 5.32 Å². The van der Waals surface area contributed by atoms with Crippen LogP contribution in [0.4, 0.5) is 0 Å². The fourth-order valence-corrected chi connectivity index (χ4v) is 4.93. The van der Waals surface area contributed by atoms with Crippen LogP contribution < -0.4 is 5.32 Å². The van der Waals surface area contributed by atoms with Crippen LogP contribution in [0.15, 0.2) is 59.5 Å². The largest absolute Gasteiger partial charge is 0.349 e. The molecule has 0 atom stereocenters. The van der Waals surface area contributed by atoms with Gasteiger partial charge in [0.05, 0.1) is 4.90 Å². The molecule has 6 heteroatoms. The molecule has 5 nitrogen and oxygen atoms in total. The molecule has 0 aliphatic heterocycles. The van der Waals surface area contributed by atoms with Crippen molar-refractivity contribution in [1.29, 1.82) is 0 Å². The molecular formula is C23H30N2O3S. The standard InChI is InChI=1S/C23H30N2O3S/c1-25(29(27,28)22-12-8-5-9-13-22)18-19-14-16-20(17-15-19)23(26)24-21-10-6-3-2-4-7-11-21/h5,8-9,12-17,21H,2-4,6-7,10-11,18H2,1H3,(H,24,26). The van der Waals surface area contributed by atoms with Gasteiger partial charge in [-0.25, -0.2) is 8.42 Å². The quantitative estimate of drug-likeness (QED) is 0.764. The van der Waals surface area contributed by atoms with Crippen LogP contribution in [-0.2, 0) is 16.6 Å². The molecule has 0 unspecified atom stereocenters. The zero-order chi connectivity index (χ0) is 20.7. The zero-order valence-corrected chi connectivity index (χ0v) is 17.8. The molecule has 1 saturated carbocycles. The maximum absolute atomic E-state index is 12.6. The van der Waals surface area contributed by atoms with Gasteiger partial charge in [0.2, 0.25) is 10.0 Å². The second kappa shape index (κ2) is 10.0. The van der Waals surface area contributed by atoms with Crippen LogP contribution in [0.5, 0.6) is 0 Å². The second-order valence-electron chi connectivity index (χ2n) is 7.79. The number of amides is 1. The van der Waals surface area contributed by atoms with Gasteiger partial charge in [0, 0.05) is 25.2 Å². The van der Waals surface area contributed by atoms with E-state index in [9.17, 15) is 13.2 Å². The minimum Gasteiger partial charge on any atom is -0.349 e. The van der Waals surface area contributed by atoms with Crippen molar-refractivity contribution in [2.24, 2.45) is 0 Å². The Kier molecular flexibility index (Phi) is 7.45. The number of hydrogen-bond acceptors (Lipinski definition) is 3. The Balaban J connectivity index is 1.60. The highest BCUT2D eigenvalue weighted by Crippen LogP contribution is 2.19. The maximum Gasteiger partial charge on any atom is 0.251 e. The first-order valence-corrected chi connectivity index (χ1v) is 11.8. The third kappa shape index (κ3) is 5.90. The van der Waals surface area contributed by atoms with Gasteiger partial charge >= 0.3 is 0 Å². The predicted octanol–water partition coefficient (Wildman–Crippen LogP) is 4.35. The minimum absolute atomic E-state index is 0.0487. The number of nitrogens with one attached hydrogen (secondary N) is 1. The van der Waals surface area contributed by atoms with E-state index in [-0.39, 0.29) is 23.4 Å². The fraction of sp³-hybridized carbons (Fsp3) is 0.435. The van der Waals surface area contributed by atoms with Crippen LogP contribution in [0.25, 0.3) is 0 Å². The lowest BCUT2D eigenvalue weighted by Crippen LogP contribution is -2.35. The third-order valence-electron chi connectivity index (χ3n) is 5.51. The van der Waals surface area contributed by atoms with Gasteiger partial charge in [-0.15, -0.1) is 0 Å². The SMILES string of the molecule is CN(Cc1ccc(C(=O)NC2CCCCCCC2)cc1)S(=O)(=O)c1ccccc1. The van der Waals surface area contributed by atoms with Crippen LogP contribution >= 0.6 is 0 Å². The molecule has 29 heavy (non-hydrogen) atoms. The van der Waals surface area contributed by atoms with E-state index in [2.05, 4.69) is 5.32 Å². The summed E-state index contributed by atoms with van der Waals surface area (Å²) in [6.07, 6.45) is 8.24. The molecule has 2 aromatic carbocycles. The van der Waals surface area contributed by atoms with Crippen molar-refractivity contribution in [1.82, 2.24) is 9.62 Å². The molecule has 1 N–H and O–H groups in total. The van der Waals surface area contributed by atoms with Gasteiger partial charge in [-0.05, 0) is 42.7 Å². The van der Waals surface area contributed by atoms with Crippen LogP contribution in [0.3, 0.4) is 0 Å². The highest BCUT2D eigenvalue weighted by atomic mass is 32.2. The van der Waals surface area contributed by atoms with E-state index >= 15 is 0 Å². The molecular weight excluding hydrogens is 384 g/mol. The Morgan fingerprint density at radius 2 is 1.52 bits per heavy atom. The lowest BCUT2D eigenvalue weighted by molar-refractivity contribution is 0.0930. The third-order valence-corrected chi connectivity index (χ3v) is 7.33. The molecule has 2 aromatic rings. The van der Waals surface area contributed by atoms with Crippen molar-refractivity contribution in [3.63, 3.8) is 0 Å². The topological polar surface area (TPSA) is 66.5 Å². The number of benzene rings is 2. The fourth-order valence-electron chi connectivity index (χ4n) is 3.75. The summed E-state index contributed by atoms with van der Waals surface area (Å²) in [6, 6.07) is 15.8. The van der Waals surface area contributed by atoms with Crippen molar-refractivity contribution < 1.29 is 13.2 Å². The summed E-state index contributed by atoms with van der Waals surface area (Å²) in [6.45, 7) is 0.252. The summed E-state index contributed by atoms with van der Waals surface area (Å²) in [5.41, 5.74) is 1.46. The Bertz CT molecular complexity index is 887. The van der Waals surface area contributed by atoms with E-state index in [0.29, 0.717) is 5.56 Å². The molecule has 1 aliphatic rings. The smallest absolute Gasteiger partial charge is 0.251 e. The Morgan fingerprint density at radius 3 is 2.14 bits per heavy atom. The normalized spacial score (nSPS) is 16.2. The van der Waals surface area contributed by atoms with E-state index in [4.69, 9.17) is 0 Å². The molecule has 1 amide bonds. The Hall–Kier alpha value is -2.18. The van der Waals surface area contributed by atoms with Crippen LogP contribution in [-0.4, -0.2) is 31.7 Å². The maximum atomic E-state index is 12.6. The average Bonchev–Trinajstić information content (AvgIpc) is 2.71. The van der Waals surface area contributed by atoms with Gasteiger partial charge in [0.1, 0.15) is 0 Å². The summed E-state index contributed by atoms with van der Waals surface area (Å²) in [4.78, 5) is 12.8. The van der Waals surface area contributed by atoms with Crippen molar-refractivity contribution in [2.45, 2.75) is 62.4 Å². The molecule has 0 heterocycles. The molecule has 0 bridgehead atoms. The number of nitrogens with zero attached hydrogens (tertiary/aromatic N) is 1. The van der Waals surface area contributed by atoms with E-state index in [1.54, 1.807) is 49.5 Å². The highest BCUT2D eigenvalue weighted by molar-refractivity contribution is 7.89. The molecule has 0 spiro atoms. The molecule has 0 aromatic heterocycles. The van der Waals surface area contributed by atoms with Crippen LogP contribution in [0, 0.1) is 0 Å². The summed E-state index contributed by atoms with van der Waals surface area (Å²) in [7, 11) is -1.97. The second-order valence-corrected chi connectivity index (χ2v) is 9.83. The molecule has 0 saturated heterocycles. The molecule has 156 valence electrons. The van der Waals surface area contributed by atoms with Crippen molar-refractivity contribution in [3.05, 3.63) is 65.7 Å². The van der Waals surface area contributed by atoms with Crippen molar-refractivity contribution in [3.8, 4) is 0 Å². The van der Waals surface area contributed by atoms with Gasteiger partial charge in [-0.3, -0.25) is 4.79 Å². The Labute approximate surface area is 174 Å². The lowest BCUT2D eigenvalue weighted by atomic mass is 9.96. The van der Waals surface area contributed by atoms with Crippen LogP contribution in [0.2, 0.25) is 0 Å². The number of sulfonamides is 1. The predicted molar refractivity (Wildman–Crippen MR) is 115 cm³/mol. The van der Waals surface area contributed by atoms with Gasteiger partial charge in [0.15, 0.2) is 0 Å². The summed E-state index contributed by atoms with van der Waals surface area (Å²) in [5.74, 6) is -0.0487. The van der Waals surface area contributed by atoms with Crippen molar-refractivity contribution >= 4 is 15.9 Å². The molecule has 3 rings (SSSR count). The first kappa shape index (κ1) is 21.5.